The Bertz CT molecular complexity index is 621. The molecule has 0 saturated carbocycles. The summed E-state index contributed by atoms with van der Waals surface area (Å²) in [6, 6.07) is 15.8. The van der Waals surface area contributed by atoms with E-state index in [4.69, 9.17) is 9.47 Å². The fourth-order valence-electron chi connectivity index (χ4n) is 1.91. The summed E-state index contributed by atoms with van der Waals surface area (Å²) in [4.78, 5) is 0. The van der Waals surface area contributed by atoms with E-state index in [1.807, 2.05) is 48.5 Å². The third-order valence-corrected chi connectivity index (χ3v) is 2.87. The maximum absolute atomic E-state index is 5.65. The van der Waals surface area contributed by atoms with Gasteiger partial charge in [-0.15, -0.1) is 0 Å². The van der Waals surface area contributed by atoms with Crippen LogP contribution in [0.15, 0.2) is 48.5 Å². The van der Waals surface area contributed by atoms with Crippen molar-refractivity contribution in [2.75, 3.05) is 13.2 Å². The van der Waals surface area contributed by atoms with Crippen LogP contribution < -0.4 is 9.47 Å². The number of ether oxygens (including phenoxy) is 2. The molecule has 0 radical (unpaired) electrons. The van der Waals surface area contributed by atoms with Crippen molar-refractivity contribution in [3.63, 3.8) is 0 Å². The van der Waals surface area contributed by atoms with Gasteiger partial charge in [-0.2, -0.15) is 0 Å². The van der Waals surface area contributed by atoms with Gasteiger partial charge in [0.05, 0.1) is 13.2 Å². The summed E-state index contributed by atoms with van der Waals surface area (Å²) in [5, 5.41) is 0. The molecule has 94 valence electrons. The lowest BCUT2D eigenvalue weighted by molar-refractivity contribution is 0.297. The largest absolute Gasteiger partial charge is 0.490 e. The van der Waals surface area contributed by atoms with Crippen LogP contribution in [0.3, 0.4) is 0 Å². The average Bonchev–Trinajstić information content (AvgIpc) is 2.71. The van der Waals surface area contributed by atoms with E-state index in [1.54, 1.807) is 0 Å². The molecule has 1 aliphatic rings. The van der Waals surface area contributed by atoms with E-state index in [0.29, 0.717) is 13.2 Å². The minimum atomic E-state index is 0.697. The predicted molar refractivity (Wildman–Crippen MR) is 74.5 cm³/mol. The third-order valence-electron chi connectivity index (χ3n) is 2.87. The van der Waals surface area contributed by atoms with Crippen LogP contribution in [0, 0.1) is 11.8 Å². The molecular weight excluding hydrogens is 236 g/mol. The minimum Gasteiger partial charge on any atom is -0.490 e. The lowest BCUT2D eigenvalue weighted by Crippen LogP contribution is -1.97. The van der Waals surface area contributed by atoms with Gasteiger partial charge in [-0.25, -0.2) is 0 Å². The monoisotopic (exact) mass is 250 g/mol. The maximum Gasteiger partial charge on any atom is 0.162 e. The van der Waals surface area contributed by atoms with Crippen molar-refractivity contribution < 1.29 is 9.47 Å². The first-order valence-corrected chi connectivity index (χ1v) is 6.38. The van der Waals surface area contributed by atoms with E-state index in [-0.39, 0.29) is 0 Å². The highest BCUT2D eigenvalue weighted by atomic mass is 16.5. The quantitative estimate of drug-likeness (QED) is 0.668. The Balaban J connectivity index is 1.87. The lowest BCUT2D eigenvalue weighted by atomic mass is 10.1. The SMILES string of the molecule is C(#Cc1ccc2c(c1)OCCCO2)c1ccccc1. The standard InChI is InChI=1S/C17H14O2/c1-2-5-14(6-3-1)7-8-15-9-10-16-17(13-15)19-12-4-11-18-16/h1-3,5-6,9-10,13H,4,11-12H2. The summed E-state index contributed by atoms with van der Waals surface area (Å²) in [6.07, 6.45) is 0.916. The normalized spacial score (nSPS) is 13.1. The smallest absolute Gasteiger partial charge is 0.162 e. The number of rotatable bonds is 0. The highest BCUT2D eigenvalue weighted by Crippen LogP contribution is 2.30. The molecule has 2 aromatic rings. The summed E-state index contributed by atoms with van der Waals surface area (Å²) < 4.78 is 11.2. The Morgan fingerprint density at radius 2 is 1.47 bits per heavy atom. The van der Waals surface area contributed by atoms with Crippen LogP contribution in [0.1, 0.15) is 17.5 Å². The van der Waals surface area contributed by atoms with E-state index in [0.717, 1.165) is 29.0 Å². The van der Waals surface area contributed by atoms with Gasteiger partial charge in [-0.05, 0) is 30.3 Å². The Hall–Kier alpha value is -2.40. The molecule has 0 saturated heterocycles. The van der Waals surface area contributed by atoms with Crippen LogP contribution in [-0.4, -0.2) is 13.2 Å². The summed E-state index contributed by atoms with van der Waals surface area (Å²) >= 11 is 0. The zero-order chi connectivity index (χ0) is 12.9. The summed E-state index contributed by atoms with van der Waals surface area (Å²) in [7, 11) is 0. The van der Waals surface area contributed by atoms with Crippen molar-refractivity contribution in [2.45, 2.75) is 6.42 Å². The van der Waals surface area contributed by atoms with E-state index in [9.17, 15) is 0 Å². The minimum absolute atomic E-state index is 0.697. The second kappa shape index (κ2) is 5.49. The first-order chi connectivity index (χ1) is 9.42. The molecule has 2 aromatic carbocycles. The molecule has 1 heterocycles. The Labute approximate surface area is 113 Å². The second-order valence-corrected chi connectivity index (χ2v) is 4.33. The molecule has 0 atom stereocenters. The van der Waals surface area contributed by atoms with Gasteiger partial charge in [0.25, 0.3) is 0 Å². The predicted octanol–water partition coefficient (Wildman–Crippen LogP) is 3.25. The number of benzene rings is 2. The highest BCUT2D eigenvalue weighted by molar-refractivity contribution is 5.50. The van der Waals surface area contributed by atoms with Crippen molar-refractivity contribution in [3.05, 3.63) is 59.7 Å². The molecule has 0 bridgehead atoms. The van der Waals surface area contributed by atoms with Gasteiger partial charge in [0, 0.05) is 17.5 Å². The summed E-state index contributed by atoms with van der Waals surface area (Å²) in [5.41, 5.74) is 1.95. The number of hydrogen-bond donors (Lipinski definition) is 0. The molecule has 0 fully saturated rings. The van der Waals surface area contributed by atoms with Crippen LogP contribution in [-0.2, 0) is 0 Å². The number of fused-ring (bicyclic) bond motifs is 1. The first-order valence-electron chi connectivity index (χ1n) is 6.38. The van der Waals surface area contributed by atoms with Gasteiger partial charge >= 0.3 is 0 Å². The second-order valence-electron chi connectivity index (χ2n) is 4.33. The van der Waals surface area contributed by atoms with Crippen LogP contribution in [0.5, 0.6) is 11.5 Å². The average molecular weight is 250 g/mol. The molecule has 0 aromatic heterocycles. The van der Waals surface area contributed by atoms with E-state index < -0.39 is 0 Å². The Kier molecular flexibility index (Phi) is 3.38. The Morgan fingerprint density at radius 1 is 0.737 bits per heavy atom. The summed E-state index contributed by atoms with van der Waals surface area (Å²) in [5.74, 6) is 7.88. The van der Waals surface area contributed by atoms with Crippen molar-refractivity contribution in [1.82, 2.24) is 0 Å². The highest BCUT2D eigenvalue weighted by Gasteiger charge is 2.09. The third kappa shape index (κ3) is 2.89. The molecule has 1 aliphatic heterocycles. The first kappa shape index (κ1) is 11.7. The van der Waals surface area contributed by atoms with Crippen molar-refractivity contribution in [2.24, 2.45) is 0 Å². The van der Waals surface area contributed by atoms with Gasteiger partial charge in [0.15, 0.2) is 11.5 Å². The van der Waals surface area contributed by atoms with E-state index in [1.165, 1.54) is 0 Å². The van der Waals surface area contributed by atoms with Gasteiger partial charge in [0.2, 0.25) is 0 Å². The molecule has 19 heavy (non-hydrogen) atoms. The van der Waals surface area contributed by atoms with Crippen LogP contribution in [0.2, 0.25) is 0 Å². The molecule has 0 unspecified atom stereocenters. The van der Waals surface area contributed by atoms with Crippen molar-refractivity contribution in [3.8, 4) is 23.3 Å². The van der Waals surface area contributed by atoms with Crippen LogP contribution in [0.25, 0.3) is 0 Å². The van der Waals surface area contributed by atoms with Gasteiger partial charge < -0.3 is 9.47 Å². The zero-order valence-electron chi connectivity index (χ0n) is 10.6. The fraction of sp³-hybridized carbons (Fsp3) is 0.176. The van der Waals surface area contributed by atoms with Crippen LogP contribution >= 0.6 is 0 Å². The zero-order valence-corrected chi connectivity index (χ0v) is 10.6. The molecule has 0 spiro atoms. The fourth-order valence-corrected chi connectivity index (χ4v) is 1.91. The maximum atomic E-state index is 5.65. The molecular formula is C17H14O2. The molecule has 0 amide bonds. The molecule has 0 aliphatic carbocycles. The molecule has 3 rings (SSSR count). The number of hydrogen-bond acceptors (Lipinski definition) is 2. The topological polar surface area (TPSA) is 18.5 Å². The summed E-state index contributed by atoms with van der Waals surface area (Å²) in [6.45, 7) is 1.41. The lowest BCUT2D eigenvalue weighted by Gasteiger charge is -2.06. The molecule has 2 heteroatoms. The van der Waals surface area contributed by atoms with Crippen molar-refractivity contribution >= 4 is 0 Å². The van der Waals surface area contributed by atoms with Crippen molar-refractivity contribution in [1.29, 1.82) is 0 Å². The van der Waals surface area contributed by atoms with Gasteiger partial charge in [-0.3, -0.25) is 0 Å². The van der Waals surface area contributed by atoms with Gasteiger partial charge in [-0.1, -0.05) is 30.0 Å². The molecule has 0 N–H and O–H groups in total. The Morgan fingerprint density at radius 3 is 2.32 bits per heavy atom. The van der Waals surface area contributed by atoms with Gasteiger partial charge in [0.1, 0.15) is 0 Å². The molecule has 2 nitrogen and oxygen atoms in total. The van der Waals surface area contributed by atoms with Crippen LogP contribution in [0.4, 0.5) is 0 Å². The van der Waals surface area contributed by atoms with E-state index in [2.05, 4.69) is 11.8 Å². The van der Waals surface area contributed by atoms with E-state index >= 15 is 0 Å².